The summed E-state index contributed by atoms with van der Waals surface area (Å²) in [5.74, 6) is 0.864. The van der Waals surface area contributed by atoms with Crippen molar-refractivity contribution in [3.63, 3.8) is 0 Å². The number of guanidine groups is 1. The number of nitrogens with zero attached hydrogens (tertiary/aromatic N) is 4. The predicted molar refractivity (Wildman–Crippen MR) is 132 cm³/mol. The molecule has 0 saturated carbocycles. The topological polar surface area (TPSA) is 70.1 Å². The maximum Gasteiger partial charge on any atom is 0.410 e. The number of carbonyl (C=O) groups excluding carboxylic acids is 1. The van der Waals surface area contributed by atoms with Gasteiger partial charge in [-0.25, -0.2) is 14.2 Å². The van der Waals surface area contributed by atoms with Gasteiger partial charge in [0.15, 0.2) is 5.96 Å². The van der Waals surface area contributed by atoms with E-state index in [9.17, 15) is 9.18 Å². The Balaban J connectivity index is 0.00000480. The van der Waals surface area contributed by atoms with E-state index in [1.54, 1.807) is 17.2 Å². The van der Waals surface area contributed by atoms with E-state index in [1.165, 1.54) is 6.07 Å². The molecule has 0 radical (unpaired) electrons. The summed E-state index contributed by atoms with van der Waals surface area (Å²) < 4.78 is 19.4. The summed E-state index contributed by atoms with van der Waals surface area (Å²) in [5, 5.41) is 3.29. The van der Waals surface area contributed by atoms with Crippen LogP contribution in [0.5, 0.6) is 0 Å². The monoisotopic (exact) mass is 549 g/mol. The molecule has 0 aromatic carbocycles. The van der Waals surface area contributed by atoms with E-state index in [2.05, 4.69) is 20.2 Å². The minimum Gasteiger partial charge on any atom is -0.444 e. The summed E-state index contributed by atoms with van der Waals surface area (Å²) in [6, 6.07) is 2.98. The van der Waals surface area contributed by atoms with Gasteiger partial charge in [0.25, 0.3) is 0 Å². The normalized spacial score (nSPS) is 15.3. The van der Waals surface area contributed by atoms with Crippen LogP contribution in [-0.4, -0.2) is 65.2 Å². The van der Waals surface area contributed by atoms with Gasteiger partial charge in [-0.05, 0) is 65.5 Å². The van der Waals surface area contributed by atoms with Crippen LogP contribution in [0.25, 0.3) is 0 Å². The zero-order chi connectivity index (χ0) is 22.1. The molecule has 0 bridgehead atoms. The van der Waals surface area contributed by atoms with Crippen LogP contribution < -0.4 is 5.32 Å². The summed E-state index contributed by atoms with van der Waals surface area (Å²) in [6.45, 7) is 13.6. The van der Waals surface area contributed by atoms with Crippen molar-refractivity contribution in [3.8, 4) is 0 Å². The zero-order valence-electron chi connectivity index (χ0n) is 19.4. The van der Waals surface area contributed by atoms with Crippen molar-refractivity contribution >= 4 is 36.0 Å². The molecule has 0 aliphatic carbocycles. The predicted octanol–water partition coefficient (Wildman–Crippen LogP) is 4.27. The Labute approximate surface area is 202 Å². The second kappa shape index (κ2) is 13.0. The standard InChI is InChI=1S/C22H36FN5O2.HI/c1-6-24-20(26-15-19-18(23)9-8-12-25-19)28-13-10-17(11-14-28)16-27(7-2)21(29)30-22(3,4)5;/h8-9,12,17H,6-7,10-11,13-16H2,1-5H3,(H,24,26);1H. The van der Waals surface area contributed by atoms with Gasteiger partial charge in [0.05, 0.1) is 12.2 Å². The first kappa shape index (κ1) is 27.4. The Morgan fingerprint density at radius 2 is 2.03 bits per heavy atom. The third-order valence-corrected chi connectivity index (χ3v) is 4.97. The van der Waals surface area contributed by atoms with E-state index in [4.69, 9.17) is 4.74 Å². The summed E-state index contributed by atoms with van der Waals surface area (Å²) in [6.07, 6.45) is 3.25. The molecule has 7 nitrogen and oxygen atoms in total. The number of amides is 1. The van der Waals surface area contributed by atoms with Crippen LogP contribution in [-0.2, 0) is 11.3 Å². The van der Waals surface area contributed by atoms with Gasteiger partial charge in [-0.1, -0.05) is 0 Å². The van der Waals surface area contributed by atoms with Crippen molar-refractivity contribution in [1.29, 1.82) is 0 Å². The Bertz CT molecular complexity index is 718. The van der Waals surface area contributed by atoms with Gasteiger partial charge in [0, 0.05) is 38.9 Å². The fraction of sp³-hybridized carbons (Fsp3) is 0.682. The van der Waals surface area contributed by atoms with Crippen LogP contribution in [0, 0.1) is 11.7 Å². The van der Waals surface area contributed by atoms with Crippen molar-refractivity contribution in [3.05, 3.63) is 29.8 Å². The number of ether oxygens (including phenoxy) is 1. The lowest BCUT2D eigenvalue weighted by molar-refractivity contribution is 0.0214. The first-order valence-corrected chi connectivity index (χ1v) is 10.8. The highest BCUT2D eigenvalue weighted by atomic mass is 127. The summed E-state index contributed by atoms with van der Waals surface area (Å²) in [5.41, 5.74) is -0.142. The van der Waals surface area contributed by atoms with Crippen molar-refractivity contribution in [1.82, 2.24) is 20.1 Å². The molecule has 0 spiro atoms. The average molecular weight is 549 g/mol. The number of aliphatic imine (C=N–C) groups is 1. The van der Waals surface area contributed by atoms with Crippen LogP contribution in [0.2, 0.25) is 0 Å². The molecule has 1 aliphatic rings. The maximum absolute atomic E-state index is 13.8. The molecule has 1 aliphatic heterocycles. The second-order valence-electron chi connectivity index (χ2n) is 8.55. The Morgan fingerprint density at radius 3 is 2.58 bits per heavy atom. The lowest BCUT2D eigenvalue weighted by atomic mass is 9.96. The van der Waals surface area contributed by atoms with Gasteiger partial charge in [-0.3, -0.25) is 4.98 Å². The van der Waals surface area contributed by atoms with Crippen molar-refractivity contribution in [2.75, 3.05) is 32.7 Å². The molecule has 1 amide bonds. The summed E-state index contributed by atoms with van der Waals surface area (Å²) >= 11 is 0. The van der Waals surface area contributed by atoms with Gasteiger partial charge in [-0.15, -0.1) is 24.0 Å². The minimum atomic E-state index is -0.488. The summed E-state index contributed by atoms with van der Waals surface area (Å²) in [4.78, 5) is 25.0. The van der Waals surface area contributed by atoms with Crippen molar-refractivity contribution in [2.45, 2.75) is 59.6 Å². The quantitative estimate of drug-likeness (QED) is 0.326. The van der Waals surface area contributed by atoms with Crippen LogP contribution >= 0.6 is 24.0 Å². The van der Waals surface area contributed by atoms with Gasteiger partial charge in [0.1, 0.15) is 11.4 Å². The third kappa shape index (κ3) is 9.16. The number of carbonyl (C=O) groups is 1. The first-order chi connectivity index (χ1) is 14.2. The number of rotatable bonds is 6. The smallest absolute Gasteiger partial charge is 0.410 e. The lowest BCUT2D eigenvalue weighted by Gasteiger charge is -2.36. The van der Waals surface area contributed by atoms with E-state index >= 15 is 0 Å². The highest BCUT2D eigenvalue weighted by Crippen LogP contribution is 2.20. The maximum atomic E-state index is 13.8. The van der Waals surface area contributed by atoms with E-state index in [-0.39, 0.29) is 42.4 Å². The molecule has 176 valence electrons. The number of pyridine rings is 1. The molecule has 9 heteroatoms. The molecular formula is C22H37FIN5O2. The SMILES string of the molecule is CCNC(=NCc1ncccc1F)N1CCC(CN(CC)C(=O)OC(C)(C)C)CC1.I. The fourth-order valence-electron chi connectivity index (χ4n) is 3.41. The molecule has 0 unspecified atom stereocenters. The van der Waals surface area contributed by atoms with Crippen molar-refractivity contribution in [2.24, 2.45) is 10.9 Å². The number of hydrogen-bond donors (Lipinski definition) is 1. The molecule has 1 N–H and O–H groups in total. The van der Waals surface area contributed by atoms with E-state index in [0.29, 0.717) is 24.7 Å². The van der Waals surface area contributed by atoms with E-state index in [1.807, 2.05) is 34.6 Å². The van der Waals surface area contributed by atoms with Crippen LogP contribution in [0.1, 0.15) is 53.2 Å². The number of hydrogen-bond acceptors (Lipinski definition) is 4. The molecule has 0 atom stereocenters. The molecule has 1 aromatic rings. The van der Waals surface area contributed by atoms with E-state index < -0.39 is 5.60 Å². The van der Waals surface area contributed by atoms with Crippen LogP contribution in [0.3, 0.4) is 0 Å². The Kier molecular flexibility index (Phi) is 11.5. The Hall–Kier alpha value is -1.65. The van der Waals surface area contributed by atoms with Gasteiger partial charge < -0.3 is 19.9 Å². The largest absolute Gasteiger partial charge is 0.444 e. The average Bonchev–Trinajstić information content (AvgIpc) is 2.69. The highest BCUT2D eigenvalue weighted by molar-refractivity contribution is 14.0. The second-order valence-corrected chi connectivity index (χ2v) is 8.55. The number of aromatic nitrogens is 1. The number of piperidine rings is 1. The number of nitrogens with one attached hydrogen (secondary N) is 1. The fourth-order valence-corrected chi connectivity index (χ4v) is 3.41. The van der Waals surface area contributed by atoms with Gasteiger partial charge >= 0.3 is 6.09 Å². The molecule has 2 heterocycles. The van der Waals surface area contributed by atoms with Crippen molar-refractivity contribution < 1.29 is 13.9 Å². The van der Waals surface area contributed by atoms with Gasteiger partial charge in [-0.2, -0.15) is 0 Å². The van der Waals surface area contributed by atoms with Gasteiger partial charge in [0.2, 0.25) is 0 Å². The van der Waals surface area contributed by atoms with Crippen LogP contribution in [0.15, 0.2) is 23.3 Å². The summed E-state index contributed by atoms with van der Waals surface area (Å²) in [7, 11) is 0. The van der Waals surface area contributed by atoms with Crippen LogP contribution in [0.4, 0.5) is 9.18 Å². The Morgan fingerprint density at radius 1 is 1.35 bits per heavy atom. The first-order valence-electron chi connectivity index (χ1n) is 10.8. The zero-order valence-corrected chi connectivity index (χ0v) is 21.7. The molecule has 2 rings (SSSR count). The molecule has 1 aromatic heterocycles. The number of halogens is 2. The molecule has 1 saturated heterocycles. The highest BCUT2D eigenvalue weighted by Gasteiger charge is 2.27. The number of likely N-dealkylation sites (tertiary alicyclic amines) is 1. The molecule has 1 fully saturated rings. The lowest BCUT2D eigenvalue weighted by Crippen LogP contribution is -2.47. The van der Waals surface area contributed by atoms with E-state index in [0.717, 1.165) is 38.4 Å². The molecule has 31 heavy (non-hydrogen) atoms. The minimum absolute atomic E-state index is 0. The molecular weight excluding hydrogens is 512 g/mol. The third-order valence-electron chi connectivity index (χ3n) is 4.97.